The van der Waals surface area contributed by atoms with Gasteiger partial charge in [0.1, 0.15) is 17.2 Å². The molecule has 3 heterocycles. The predicted molar refractivity (Wildman–Crippen MR) is 114 cm³/mol. The van der Waals surface area contributed by atoms with Gasteiger partial charge < -0.3 is 24.3 Å². The first-order chi connectivity index (χ1) is 14.7. The molecule has 0 saturated carbocycles. The van der Waals surface area contributed by atoms with E-state index in [4.69, 9.17) is 23.9 Å². The fraction of sp³-hybridized carbons (Fsp3) is 0.174. The molecule has 0 radical (unpaired) electrons. The molecule has 1 aliphatic rings. The molecule has 1 N–H and O–H groups in total. The zero-order chi connectivity index (χ0) is 20.7. The number of hydrogen-bond acceptors (Lipinski definition) is 6. The Hall–Kier alpha value is -3.87. The minimum atomic E-state index is 0.241. The number of hydrogen-bond donors (Lipinski definition) is 1. The molecule has 0 atom stereocenters. The van der Waals surface area contributed by atoms with Gasteiger partial charge in [-0.15, -0.1) is 0 Å². The molecule has 7 nitrogen and oxygen atoms in total. The van der Waals surface area contributed by atoms with Crippen molar-refractivity contribution in [1.29, 1.82) is 0 Å². The predicted octanol–water partition coefficient (Wildman–Crippen LogP) is 4.80. The molecule has 2 aromatic carbocycles. The Bertz CT molecular complexity index is 1250. The van der Waals surface area contributed by atoms with Gasteiger partial charge in [-0.2, -0.15) is 0 Å². The summed E-state index contributed by atoms with van der Waals surface area (Å²) in [5, 5.41) is 3.50. The first-order valence-electron chi connectivity index (χ1n) is 9.54. The van der Waals surface area contributed by atoms with Crippen LogP contribution in [-0.4, -0.2) is 30.4 Å². The van der Waals surface area contributed by atoms with Gasteiger partial charge in [-0.1, -0.05) is 0 Å². The van der Waals surface area contributed by atoms with E-state index >= 15 is 0 Å². The lowest BCUT2D eigenvalue weighted by Crippen LogP contribution is -1.98. The Morgan fingerprint density at radius 3 is 2.60 bits per heavy atom. The van der Waals surface area contributed by atoms with E-state index in [1.807, 2.05) is 47.0 Å². The van der Waals surface area contributed by atoms with E-state index in [0.717, 1.165) is 45.5 Å². The van der Waals surface area contributed by atoms with Crippen LogP contribution >= 0.6 is 0 Å². The highest BCUT2D eigenvalue weighted by Crippen LogP contribution is 2.39. The van der Waals surface area contributed by atoms with Crippen molar-refractivity contribution in [3.63, 3.8) is 0 Å². The van der Waals surface area contributed by atoms with Crippen LogP contribution in [0.4, 0.5) is 11.5 Å². The lowest BCUT2D eigenvalue weighted by atomic mass is 10.1. The number of nitrogens with zero attached hydrogens (tertiary/aromatic N) is 2. The quantitative estimate of drug-likeness (QED) is 0.516. The van der Waals surface area contributed by atoms with Crippen molar-refractivity contribution in [2.45, 2.75) is 6.92 Å². The van der Waals surface area contributed by atoms with E-state index in [2.05, 4.69) is 24.4 Å². The molecule has 0 amide bonds. The molecule has 2 aromatic heterocycles. The van der Waals surface area contributed by atoms with Crippen LogP contribution in [0.5, 0.6) is 23.0 Å². The average molecular weight is 403 g/mol. The minimum Gasteiger partial charge on any atom is -0.493 e. The first-order valence-corrected chi connectivity index (χ1v) is 9.54. The van der Waals surface area contributed by atoms with Crippen molar-refractivity contribution in [3.8, 4) is 34.3 Å². The van der Waals surface area contributed by atoms with E-state index in [9.17, 15) is 0 Å². The number of nitrogens with one attached hydrogen (secondary N) is 1. The minimum absolute atomic E-state index is 0.241. The number of imidazole rings is 1. The third-order valence-corrected chi connectivity index (χ3v) is 5.07. The van der Waals surface area contributed by atoms with Crippen LogP contribution in [-0.2, 0) is 0 Å². The van der Waals surface area contributed by atoms with Crippen molar-refractivity contribution >= 4 is 17.2 Å². The van der Waals surface area contributed by atoms with Crippen molar-refractivity contribution in [2.75, 3.05) is 26.3 Å². The Kier molecular flexibility index (Phi) is 4.35. The second-order valence-electron chi connectivity index (χ2n) is 7.00. The summed E-state index contributed by atoms with van der Waals surface area (Å²) in [4.78, 5) is 4.89. The van der Waals surface area contributed by atoms with Crippen molar-refractivity contribution < 1.29 is 18.9 Å². The van der Waals surface area contributed by atoms with Gasteiger partial charge in [0.25, 0.3) is 0 Å². The fourth-order valence-electron chi connectivity index (χ4n) is 3.56. The van der Waals surface area contributed by atoms with Crippen LogP contribution in [0.1, 0.15) is 5.56 Å². The largest absolute Gasteiger partial charge is 0.493 e. The maximum Gasteiger partial charge on any atom is 0.231 e. The maximum atomic E-state index is 5.52. The van der Waals surface area contributed by atoms with E-state index in [1.165, 1.54) is 0 Å². The highest BCUT2D eigenvalue weighted by Gasteiger charge is 2.18. The van der Waals surface area contributed by atoms with Crippen LogP contribution in [0.25, 0.3) is 16.9 Å². The second-order valence-corrected chi connectivity index (χ2v) is 7.00. The van der Waals surface area contributed by atoms with Crippen LogP contribution in [0.3, 0.4) is 0 Å². The van der Waals surface area contributed by atoms with E-state index in [-0.39, 0.29) is 6.79 Å². The Morgan fingerprint density at radius 1 is 0.933 bits per heavy atom. The molecule has 7 heteroatoms. The molecule has 0 saturated heterocycles. The van der Waals surface area contributed by atoms with Crippen LogP contribution < -0.4 is 24.3 Å². The maximum absolute atomic E-state index is 5.52. The van der Waals surface area contributed by atoms with Gasteiger partial charge in [0.2, 0.25) is 6.79 Å². The van der Waals surface area contributed by atoms with Gasteiger partial charge in [-0.05, 0) is 55.0 Å². The summed E-state index contributed by atoms with van der Waals surface area (Å²) < 4.78 is 23.8. The number of benzene rings is 2. The molecule has 1 aliphatic heterocycles. The first kappa shape index (κ1) is 18.2. The topological polar surface area (TPSA) is 66.3 Å². The zero-order valence-corrected chi connectivity index (χ0v) is 16.9. The van der Waals surface area contributed by atoms with Crippen LogP contribution in [0, 0.1) is 6.92 Å². The Labute approximate surface area is 173 Å². The summed E-state index contributed by atoms with van der Waals surface area (Å²) in [5.41, 5.74) is 4.59. The van der Waals surface area contributed by atoms with Gasteiger partial charge in [0.15, 0.2) is 23.0 Å². The van der Waals surface area contributed by atoms with Crippen LogP contribution in [0.15, 0.2) is 54.7 Å². The molecule has 0 spiro atoms. The molecule has 4 aromatic rings. The number of ether oxygens (including phenoxy) is 4. The normalized spacial score (nSPS) is 12.2. The molecule has 0 unspecified atom stereocenters. The third-order valence-electron chi connectivity index (χ3n) is 5.07. The van der Waals surface area contributed by atoms with Crippen molar-refractivity contribution in [3.05, 3.63) is 60.3 Å². The smallest absolute Gasteiger partial charge is 0.231 e. The number of methoxy groups -OCH3 is 2. The van der Waals surface area contributed by atoms with E-state index in [1.54, 1.807) is 14.2 Å². The summed E-state index contributed by atoms with van der Waals surface area (Å²) in [6.45, 7) is 2.29. The number of pyridine rings is 1. The summed E-state index contributed by atoms with van der Waals surface area (Å²) in [7, 11) is 3.25. The number of fused-ring (bicyclic) bond motifs is 2. The average Bonchev–Trinajstić information content (AvgIpc) is 3.37. The third kappa shape index (κ3) is 3.04. The molecule has 152 valence electrons. The van der Waals surface area contributed by atoms with Crippen LogP contribution in [0.2, 0.25) is 0 Å². The SMILES string of the molecule is COc1ccc(-c2nc3cc(C)ccn3c2Nc2ccc3c(c2)OCO3)cc1OC. The number of anilines is 2. The summed E-state index contributed by atoms with van der Waals surface area (Å²) in [6.07, 6.45) is 2.01. The molecular formula is C23H21N3O4. The Morgan fingerprint density at radius 2 is 1.77 bits per heavy atom. The van der Waals surface area contributed by atoms with Gasteiger partial charge in [-0.25, -0.2) is 4.98 Å². The van der Waals surface area contributed by atoms with Gasteiger partial charge in [0.05, 0.1) is 14.2 Å². The summed E-state index contributed by atoms with van der Waals surface area (Å²) >= 11 is 0. The monoisotopic (exact) mass is 403 g/mol. The van der Waals surface area contributed by atoms with E-state index in [0.29, 0.717) is 11.5 Å². The molecule has 0 fully saturated rings. The van der Waals surface area contributed by atoms with E-state index < -0.39 is 0 Å². The standard InChI is InChI=1S/C23H21N3O4/c1-14-8-9-26-21(10-14)25-22(15-4-6-17(27-2)19(11-15)28-3)23(26)24-16-5-7-18-20(12-16)30-13-29-18/h4-12,24H,13H2,1-3H3. The molecule has 30 heavy (non-hydrogen) atoms. The molecule has 5 rings (SSSR count). The lowest BCUT2D eigenvalue weighted by molar-refractivity contribution is 0.174. The van der Waals surface area contributed by atoms with Gasteiger partial charge in [-0.3, -0.25) is 4.40 Å². The Balaban J connectivity index is 1.65. The highest BCUT2D eigenvalue weighted by molar-refractivity contribution is 5.81. The van der Waals surface area contributed by atoms with Gasteiger partial charge in [0, 0.05) is 23.5 Å². The van der Waals surface area contributed by atoms with Crippen molar-refractivity contribution in [2.24, 2.45) is 0 Å². The number of aryl methyl sites for hydroxylation is 1. The highest BCUT2D eigenvalue weighted by atomic mass is 16.7. The second kappa shape index (κ2) is 7.18. The molecule has 0 aliphatic carbocycles. The number of aromatic nitrogens is 2. The van der Waals surface area contributed by atoms with Gasteiger partial charge >= 0.3 is 0 Å². The fourth-order valence-corrected chi connectivity index (χ4v) is 3.56. The summed E-state index contributed by atoms with van der Waals surface area (Å²) in [6, 6.07) is 15.7. The summed E-state index contributed by atoms with van der Waals surface area (Å²) in [5.74, 6) is 3.63. The molecular weight excluding hydrogens is 382 g/mol. The molecule has 0 bridgehead atoms. The zero-order valence-electron chi connectivity index (χ0n) is 16.9. The van der Waals surface area contributed by atoms with Crippen molar-refractivity contribution in [1.82, 2.24) is 9.38 Å². The number of rotatable bonds is 5. The lowest BCUT2D eigenvalue weighted by Gasteiger charge is -2.12.